The Balaban J connectivity index is 2.22. The van der Waals surface area contributed by atoms with Gasteiger partial charge in [0.05, 0.1) is 0 Å². The van der Waals surface area contributed by atoms with E-state index in [2.05, 4.69) is 48.6 Å². The summed E-state index contributed by atoms with van der Waals surface area (Å²) < 4.78 is 0. The van der Waals surface area contributed by atoms with Crippen LogP contribution in [0, 0.1) is 6.92 Å². The summed E-state index contributed by atoms with van der Waals surface area (Å²) in [5.74, 6) is 0. The van der Waals surface area contributed by atoms with E-state index < -0.39 is 0 Å². The molecule has 0 aromatic heterocycles. The number of hydrogen-bond acceptors (Lipinski definition) is 1. The van der Waals surface area contributed by atoms with E-state index in [9.17, 15) is 0 Å². The Labute approximate surface area is 104 Å². The molecule has 1 N–H and O–H groups in total. The third kappa shape index (κ3) is 2.86. The number of nitrogens with one attached hydrogen (secondary N) is 1. The maximum atomic E-state index is 3.21. The van der Waals surface area contributed by atoms with Crippen molar-refractivity contribution in [3.05, 3.63) is 47.5 Å². The third-order valence-electron chi connectivity index (χ3n) is 3.38. The lowest BCUT2D eigenvalue weighted by Crippen LogP contribution is -2.07. The molecule has 0 heterocycles. The van der Waals surface area contributed by atoms with E-state index in [1.165, 1.54) is 41.2 Å². The Hall–Kier alpha value is -1.34. The molecule has 0 atom stereocenters. The number of unbranched alkanes of at least 4 members (excludes halogenated alkanes) is 1. The zero-order valence-electron chi connectivity index (χ0n) is 10.8. The average molecular weight is 227 g/mol. The zero-order valence-corrected chi connectivity index (χ0v) is 10.8. The van der Waals surface area contributed by atoms with Gasteiger partial charge in [-0.1, -0.05) is 36.4 Å². The molecule has 0 radical (unpaired) electrons. The predicted octanol–water partition coefficient (Wildman–Crippen LogP) is 3.69. The smallest absolute Gasteiger partial charge is 0.00518 e. The summed E-state index contributed by atoms with van der Waals surface area (Å²) in [4.78, 5) is 0. The van der Waals surface area contributed by atoms with Crippen LogP contribution in [0.5, 0.6) is 0 Å². The normalized spacial score (nSPS) is 10.9. The Morgan fingerprint density at radius 3 is 2.65 bits per heavy atom. The predicted molar refractivity (Wildman–Crippen MR) is 75.5 cm³/mol. The first-order valence-electron chi connectivity index (χ1n) is 6.45. The second-order valence-electron chi connectivity index (χ2n) is 4.64. The first-order chi connectivity index (χ1) is 8.33. The minimum absolute atomic E-state index is 1.11. The molecular formula is C16H21N. The number of rotatable bonds is 5. The van der Waals surface area contributed by atoms with E-state index in [4.69, 9.17) is 0 Å². The second kappa shape index (κ2) is 5.83. The molecule has 1 nitrogen and oxygen atoms in total. The fourth-order valence-electron chi connectivity index (χ4n) is 2.38. The molecule has 2 aromatic carbocycles. The fraction of sp³-hybridized carbons (Fsp3) is 0.375. The minimum atomic E-state index is 1.11. The van der Waals surface area contributed by atoms with Crippen LogP contribution in [0.1, 0.15) is 24.0 Å². The van der Waals surface area contributed by atoms with Gasteiger partial charge in [0.1, 0.15) is 0 Å². The van der Waals surface area contributed by atoms with Crippen LogP contribution < -0.4 is 5.32 Å². The molecule has 0 aliphatic carbocycles. The highest BCUT2D eigenvalue weighted by atomic mass is 14.8. The molecule has 0 spiro atoms. The molecule has 0 bridgehead atoms. The summed E-state index contributed by atoms with van der Waals surface area (Å²) in [6, 6.07) is 13.2. The van der Waals surface area contributed by atoms with Crippen LogP contribution in [-0.4, -0.2) is 13.6 Å². The van der Waals surface area contributed by atoms with E-state index in [-0.39, 0.29) is 0 Å². The van der Waals surface area contributed by atoms with Crippen molar-refractivity contribution in [2.45, 2.75) is 26.2 Å². The monoisotopic (exact) mass is 227 g/mol. The van der Waals surface area contributed by atoms with E-state index in [0.717, 1.165) is 6.54 Å². The Morgan fingerprint density at radius 1 is 1.00 bits per heavy atom. The molecule has 0 saturated heterocycles. The quantitative estimate of drug-likeness (QED) is 0.768. The van der Waals surface area contributed by atoms with Gasteiger partial charge < -0.3 is 5.32 Å². The minimum Gasteiger partial charge on any atom is -0.320 e. The number of hydrogen-bond donors (Lipinski definition) is 1. The second-order valence-corrected chi connectivity index (χ2v) is 4.64. The van der Waals surface area contributed by atoms with Gasteiger partial charge in [-0.05, 0) is 61.7 Å². The fourth-order valence-corrected chi connectivity index (χ4v) is 2.38. The van der Waals surface area contributed by atoms with Crippen LogP contribution in [0.2, 0.25) is 0 Å². The Bertz CT molecular complexity index is 488. The SMILES string of the molecule is CNCCCCc1c(C)ccc2ccccc12. The summed E-state index contributed by atoms with van der Waals surface area (Å²) in [5, 5.41) is 6.00. The highest BCUT2D eigenvalue weighted by Gasteiger charge is 2.03. The van der Waals surface area contributed by atoms with Gasteiger partial charge in [-0.3, -0.25) is 0 Å². The molecular weight excluding hydrogens is 206 g/mol. The number of aryl methyl sites for hydroxylation is 2. The highest BCUT2D eigenvalue weighted by Crippen LogP contribution is 2.23. The Morgan fingerprint density at radius 2 is 1.82 bits per heavy atom. The van der Waals surface area contributed by atoms with Crippen molar-refractivity contribution in [2.75, 3.05) is 13.6 Å². The van der Waals surface area contributed by atoms with Gasteiger partial charge in [0, 0.05) is 0 Å². The maximum Gasteiger partial charge on any atom is -0.00518 e. The van der Waals surface area contributed by atoms with E-state index in [0.29, 0.717) is 0 Å². The molecule has 0 fully saturated rings. The van der Waals surface area contributed by atoms with Gasteiger partial charge in [0.25, 0.3) is 0 Å². The van der Waals surface area contributed by atoms with Crippen molar-refractivity contribution >= 4 is 10.8 Å². The summed E-state index contributed by atoms with van der Waals surface area (Å²) in [6.07, 6.45) is 3.70. The van der Waals surface area contributed by atoms with Crippen LogP contribution in [0.25, 0.3) is 10.8 Å². The Kier molecular flexibility index (Phi) is 4.16. The van der Waals surface area contributed by atoms with Crippen molar-refractivity contribution < 1.29 is 0 Å². The standard InChI is InChI=1S/C16H21N/c1-13-10-11-14-7-3-4-9-16(14)15(13)8-5-6-12-17-2/h3-4,7,9-11,17H,5-6,8,12H2,1-2H3. The average Bonchev–Trinajstić information content (AvgIpc) is 2.37. The van der Waals surface area contributed by atoms with Gasteiger partial charge in [0.2, 0.25) is 0 Å². The molecule has 0 unspecified atom stereocenters. The van der Waals surface area contributed by atoms with Gasteiger partial charge in [-0.15, -0.1) is 0 Å². The zero-order chi connectivity index (χ0) is 12.1. The maximum absolute atomic E-state index is 3.21. The van der Waals surface area contributed by atoms with Gasteiger partial charge in [-0.2, -0.15) is 0 Å². The molecule has 0 aliphatic rings. The van der Waals surface area contributed by atoms with Crippen molar-refractivity contribution in [3.8, 4) is 0 Å². The number of fused-ring (bicyclic) bond motifs is 1. The summed E-state index contributed by atoms with van der Waals surface area (Å²) in [6.45, 7) is 3.34. The molecule has 0 aliphatic heterocycles. The van der Waals surface area contributed by atoms with Crippen LogP contribution >= 0.6 is 0 Å². The van der Waals surface area contributed by atoms with Gasteiger partial charge >= 0.3 is 0 Å². The van der Waals surface area contributed by atoms with Crippen LogP contribution in [0.3, 0.4) is 0 Å². The molecule has 2 rings (SSSR count). The first-order valence-corrected chi connectivity index (χ1v) is 6.45. The molecule has 0 amide bonds. The largest absolute Gasteiger partial charge is 0.320 e. The summed E-state index contributed by atoms with van der Waals surface area (Å²) in [7, 11) is 2.02. The van der Waals surface area contributed by atoms with Crippen LogP contribution in [0.4, 0.5) is 0 Å². The topological polar surface area (TPSA) is 12.0 Å². The van der Waals surface area contributed by atoms with Crippen LogP contribution in [-0.2, 0) is 6.42 Å². The summed E-state index contributed by atoms with van der Waals surface area (Å²) >= 11 is 0. The van der Waals surface area contributed by atoms with Crippen molar-refractivity contribution in [1.29, 1.82) is 0 Å². The molecule has 17 heavy (non-hydrogen) atoms. The first kappa shape index (κ1) is 12.1. The van der Waals surface area contributed by atoms with E-state index in [1.807, 2.05) is 7.05 Å². The van der Waals surface area contributed by atoms with Crippen LogP contribution in [0.15, 0.2) is 36.4 Å². The lowest BCUT2D eigenvalue weighted by Gasteiger charge is -2.10. The van der Waals surface area contributed by atoms with E-state index >= 15 is 0 Å². The third-order valence-corrected chi connectivity index (χ3v) is 3.38. The van der Waals surface area contributed by atoms with Crippen molar-refractivity contribution in [1.82, 2.24) is 5.32 Å². The summed E-state index contributed by atoms with van der Waals surface area (Å²) in [5.41, 5.74) is 2.95. The van der Waals surface area contributed by atoms with Crippen molar-refractivity contribution in [2.24, 2.45) is 0 Å². The molecule has 2 aromatic rings. The molecule has 90 valence electrons. The number of benzene rings is 2. The van der Waals surface area contributed by atoms with Crippen molar-refractivity contribution in [3.63, 3.8) is 0 Å². The lowest BCUT2D eigenvalue weighted by atomic mass is 9.96. The molecule has 0 saturated carbocycles. The van der Waals surface area contributed by atoms with Gasteiger partial charge in [-0.25, -0.2) is 0 Å². The molecule has 1 heteroatoms. The van der Waals surface area contributed by atoms with E-state index in [1.54, 1.807) is 0 Å². The van der Waals surface area contributed by atoms with Gasteiger partial charge in [0.15, 0.2) is 0 Å². The lowest BCUT2D eigenvalue weighted by molar-refractivity contribution is 0.677. The highest BCUT2D eigenvalue weighted by molar-refractivity contribution is 5.86.